The summed E-state index contributed by atoms with van der Waals surface area (Å²) >= 11 is 0. The van der Waals surface area contributed by atoms with Crippen molar-refractivity contribution in [1.29, 1.82) is 0 Å². The fraction of sp³-hybridized carbons (Fsp3) is 0.474. The van der Waals surface area contributed by atoms with Gasteiger partial charge in [0, 0.05) is 17.7 Å². The van der Waals surface area contributed by atoms with E-state index in [9.17, 15) is 19.2 Å². The van der Waals surface area contributed by atoms with Crippen molar-refractivity contribution in [3.63, 3.8) is 0 Å². The topological polar surface area (TPSA) is 137 Å². The van der Waals surface area contributed by atoms with Crippen LogP contribution in [0.1, 0.15) is 43.1 Å². The third-order valence-corrected chi connectivity index (χ3v) is 3.46. The Hall–Kier alpha value is -3.10. The average molecular weight is 393 g/mol. The maximum absolute atomic E-state index is 12.4. The van der Waals surface area contributed by atoms with Gasteiger partial charge < -0.3 is 25.8 Å². The lowest BCUT2D eigenvalue weighted by atomic mass is 10.0. The molecule has 0 fully saturated rings. The molecule has 28 heavy (non-hydrogen) atoms. The predicted octanol–water partition coefficient (Wildman–Crippen LogP) is 0.562. The molecule has 0 atom stereocenters. The van der Waals surface area contributed by atoms with Gasteiger partial charge in [-0.05, 0) is 44.9 Å². The van der Waals surface area contributed by atoms with Crippen molar-refractivity contribution in [3.05, 3.63) is 29.3 Å². The Kier molecular flexibility index (Phi) is 8.43. The molecule has 154 valence electrons. The number of hydrogen-bond acceptors (Lipinski definition) is 7. The number of ether oxygens (including phenoxy) is 2. The van der Waals surface area contributed by atoms with E-state index >= 15 is 0 Å². The number of methoxy groups -OCH3 is 1. The zero-order chi connectivity index (χ0) is 21.3. The van der Waals surface area contributed by atoms with Crippen molar-refractivity contribution in [1.82, 2.24) is 10.6 Å². The third kappa shape index (κ3) is 8.52. The lowest BCUT2D eigenvalue weighted by Gasteiger charge is -2.19. The molecule has 1 aromatic carbocycles. The van der Waals surface area contributed by atoms with Crippen LogP contribution in [0.3, 0.4) is 0 Å². The average Bonchev–Trinajstić information content (AvgIpc) is 2.61. The second kappa shape index (κ2) is 10.3. The van der Waals surface area contributed by atoms with E-state index < -0.39 is 29.4 Å². The lowest BCUT2D eigenvalue weighted by Crippen LogP contribution is -2.40. The largest absolute Gasteiger partial charge is 0.469 e. The summed E-state index contributed by atoms with van der Waals surface area (Å²) in [6.07, 6.45) is 0.400. The smallest absolute Gasteiger partial charge is 0.325 e. The molecule has 0 unspecified atom stereocenters. The van der Waals surface area contributed by atoms with Gasteiger partial charge in [0.05, 0.1) is 13.7 Å². The Labute approximate surface area is 163 Å². The standard InChI is InChI=1S/C19H27N3O6/c1-19(2,3)28-17(25)11-21-15(23)10-22-18(26)14-9-13(20)7-5-12(14)6-8-16(24)27-4/h5,7,9H,6,8,10-11,20H2,1-4H3,(H,21,23)(H,22,26). The van der Waals surface area contributed by atoms with Gasteiger partial charge in [-0.15, -0.1) is 0 Å². The number of amides is 2. The fourth-order valence-corrected chi connectivity index (χ4v) is 2.23. The monoisotopic (exact) mass is 393 g/mol. The first-order chi connectivity index (χ1) is 13.0. The van der Waals surface area contributed by atoms with Gasteiger partial charge in [0.15, 0.2) is 0 Å². The van der Waals surface area contributed by atoms with Crippen molar-refractivity contribution in [2.75, 3.05) is 25.9 Å². The number of esters is 2. The Balaban J connectivity index is 2.60. The molecule has 0 bridgehead atoms. The van der Waals surface area contributed by atoms with Crippen LogP contribution in [0, 0.1) is 0 Å². The minimum absolute atomic E-state index is 0.108. The third-order valence-electron chi connectivity index (χ3n) is 3.46. The number of benzene rings is 1. The van der Waals surface area contributed by atoms with Crippen LogP contribution < -0.4 is 16.4 Å². The molecular weight excluding hydrogens is 366 g/mol. The van der Waals surface area contributed by atoms with Crippen LogP contribution >= 0.6 is 0 Å². The fourth-order valence-electron chi connectivity index (χ4n) is 2.23. The Morgan fingerprint density at radius 1 is 1.04 bits per heavy atom. The second-order valence-corrected chi connectivity index (χ2v) is 7.04. The summed E-state index contributed by atoms with van der Waals surface area (Å²) < 4.78 is 9.67. The highest BCUT2D eigenvalue weighted by molar-refractivity contribution is 5.98. The van der Waals surface area contributed by atoms with Crippen LogP contribution in [0.5, 0.6) is 0 Å². The molecule has 0 saturated carbocycles. The van der Waals surface area contributed by atoms with Gasteiger partial charge in [-0.2, -0.15) is 0 Å². The van der Waals surface area contributed by atoms with Crippen LogP contribution in [0.25, 0.3) is 0 Å². The van der Waals surface area contributed by atoms with Crippen LogP contribution in [0.4, 0.5) is 5.69 Å². The maximum atomic E-state index is 12.4. The molecule has 2 amide bonds. The Bertz CT molecular complexity index is 740. The SMILES string of the molecule is COC(=O)CCc1ccc(N)cc1C(=O)NCC(=O)NCC(=O)OC(C)(C)C. The molecule has 9 heteroatoms. The van der Waals surface area contributed by atoms with E-state index in [1.165, 1.54) is 13.2 Å². The van der Waals surface area contributed by atoms with E-state index in [0.717, 1.165) is 0 Å². The van der Waals surface area contributed by atoms with E-state index in [-0.39, 0.29) is 25.1 Å². The zero-order valence-electron chi connectivity index (χ0n) is 16.6. The summed E-state index contributed by atoms with van der Waals surface area (Å²) in [5, 5.41) is 4.84. The number of anilines is 1. The summed E-state index contributed by atoms with van der Waals surface area (Å²) in [6, 6.07) is 4.74. The molecule has 9 nitrogen and oxygen atoms in total. The van der Waals surface area contributed by atoms with Gasteiger partial charge in [0.25, 0.3) is 5.91 Å². The quantitative estimate of drug-likeness (QED) is 0.433. The number of rotatable bonds is 8. The number of aryl methyl sites for hydroxylation is 1. The summed E-state index contributed by atoms with van der Waals surface area (Å²) in [5.74, 6) is -2.03. The van der Waals surface area contributed by atoms with Crippen LogP contribution in [0.2, 0.25) is 0 Å². The normalized spacial score (nSPS) is 10.7. The predicted molar refractivity (Wildman–Crippen MR) is 102 cm³/mol. The first kappa shape index (κ1) is 22.9. The summed E-state index contributed by atoms with van der Waals surface area (Å²) in [4.78, 5) is 47.1. The molecule has 0 spiro atoms. The molecule has 0 aliphatic rings. The Morgan fingerprint density at radius 2 is 1.71 bits per heavy atom. The van der Waals surface area contributed by atoms with Gasteiger partial charge >= 0.3 is 11.9 Å². The van der Waals surface area contributed by atoms with Crippen LogP contribution in [0.15, 0.2) is 18.2 Å². The van der Waals surface area contributed by atoms with Gasteiger partial charge in [-0.3, -0.25) is 19.2 Å². The molecule has 0 aliphatic heterocycles. The molecule has 0 radical (unpaired) electrons. The molecule has 1 rings (SSSR count). The molecule has 4 N–H and O–H groups in total. The molecular formula is C19H27N3O6. The minimum Gasteiger partial charge on any atom is -0.469 e. The number of hydrogen-bond donors (Lipinski definition) is 3. The lowest BCUT2D eigenvalue weighted by molar-refractivity contribution is -0.154. The van der Waals surface area contributed by atoms with Crippen molar-refractivity contribution in [3.8, 4) is 0 Å². The maximum Gasteiger partial charge on any atom is 0.325 e. The molecule has 0 aromatic heterocycles. The number of nitrogens with two attached hydrogens (primary N) is 1. The van der Waals surface area contributed by atoms with E-state index in [1.807, 2.05) is 0 Å². The molecule has 0 heterocycles. The van der Waals surface area contributed by atoms with Crippen LogP contribution in [-0.4, -0.2) is 49.6 Å². The number of carbonyl (C=O) groups excluding carboxylic acids is 4. The number of nitrogens with one attached hydrogen (secondary N) is 2. The van der Waals surface area contributed by atoms with E-state index in [2.05, 4.69) is 15.4 Å². The molecule has 0 saturated heterocycles. The molecule has 0 aliphatic carbocycles. The highest BCUT2D eigenvalue weighted by Crippen LogP contribution is 2.16. The van der Waals surface area contributed by atoms with E-state index in [1.54, 1.807) is 32.9 Å². The first-order valence-corrected chi connectivity index (χ1v) is 8.74. The van der Waals surface area contributed by atoms with E-state index in [0.29, 0.717) is 17.7 Å². The van der Waals surface area contributed by atoms with Crippen molar-refractivity contribution in [2.45, 2.75) is 39.2 Å². The molecule has 1 aromatic rings. The summed E-state index contributed by atoms with van der Waals surface area (Å²) in [5.41, 5.74) is 6.33. The summed E-state index contributed by atoms with van der Waals surface area (Å²) in [6.45, 7) is 4.53. The van der Waals surface area contributed by atoms with Crippen molar-refractivity contribution < 1.29 is 28.7 Å². The zero-order valence-corrected chi connectivity index (χ0v) is 16.6. The number of nitrogen functional groups attached to an aromatic ring is 1. The first-order valence-electron chi connectivity index (χ1n) is 8.74. The van der Waals surface area contributed by atoms with Gasteiger partial charge in [-0.25, -0.2) is 0 Å². The Morgan fingerprint density at radius 3 is 2.32 bits per heavy atom. The summed E-state index contributed by atoms with van der Waals surface area (Å²) in [7, 11) is 1.29. The van der Waals surface area contributed by atoms with Crippen molar-refractivity contribution in [2.24, 2.45) is 0 Å². The van der Waals surface area contributed by atoms with Gasteiger partial charge in [-0.1, -0.05) is 6.07 Å². The minimum atomic E-state index is -0.649. The van der Waals surface area contributed by atoms with Crippen molar-refractivity contribution >= 4 is 29.4 Å². The highest BCUT2D eigenvalue weighted by Gasteiger charge is 2.18. The second-order valence-electron chi connectivity index (χ2n) is 7.04. The van der Waals surface area contributed by atoms with Crippen LogP contribution in [-0.2, 0) is 30.3 Å². The highest BCUT2D eigenvalue weighted by atomic mass is 16.6. The van der Waals surface area contributed by atoms with Gasteiger partial charge in [0.1, 0.15) is 12.1 Å². The van der Waals surface area contributed by atoms with Gasteiger partial charge in [0.2, 0.25) is 5.91 Å². The number of carbonyl (C=O) groups is 4. The van der Waals surface area contributed by atoms with E-state index in [4.69, 9.17) is 10.5 Å².